The average Bonchev–Trinajstić information content (AvgIpc) is 2.90. The maximum absolute atomic E-state index is 12.7. The van der Waals surface area contributed by atoms with E-state index in [1.165, 1.54) is 5.56 Å². The number of likely N-dealkylation sites (tertiary alicyclic amines) is 1. The molecule has 2 heterocycles. The van der Waals surface area contributed by atoms with Gasteiger partial charge in [-0.2, -0.15) is 0 Å². The molecule has 3 aromatic rings. The number of carbonyl (C=O) groups is 3. The number of nitrogens with zero attached hydrogens (tertiary/aromatic N) is 2. The third kappa shape index (κ3) is 5.04. The highest BCUT2D eigenvalue weighted by molar-refractivity contribution is 6.04. The van der Waals surface area contributed by atoms with Crippen LogP contribution in [0.4, 0.5) is 16.2 Å². The molecular formula is C28H27N3O4. The number of hydrogen-bond donors (Lipinski definition) is 1. The van der Waals surface area contributed by atoms with E-state index in [0.717, 1.165) is 12.1 Å². The number of hydrogen-bond acceptors (Lipinski definition) is 4. The fraction of sp³-hybridized carbons (Fsp3) is 0.250. The lowest BCUT2D eigenvalue weighted by Gasteiger charge is -2.40. The highest BCUT2D eigenvalue weighted by atomic mass is 16.6. The van der Waals surface area contributed by atoms with Gasteiger partial charge in [0.05, 0.1) is 0 Å². The van der Waals surface area contributed by atoms with Gasteiger partial charge in [-0.25, -0.2) is 4.79 Å². The number of aryl methyl sites for hydroxylation is 1. The summed E-state index contributed by atoms with van der Waals surface area (Å²) in [6.45, 7) is 1.06. The molecule has 0 aromatic heterocycles. The standard InChI is InChI=1S/C28H27N3O4/c32-26-15-10-20-6-4-5-9-25(20)31(26)23-16-18-30(19-17-23)28(34)35-24-13-11-22(12-14-24)29-27(33)21-7-2-1-3-8-21/h1-9,11-14,23H,10,15-19H2,(H,29,33). The molecule has 35 heavy (non-hydrogen) atoms. The topological polar surface area (TPSA) is 79.0 Å². The van der Waals surface area contributed by atoms with Gasteiger partial charge < -0.3 is 19.9 Å². The van der Waals surface area contributed by atoms with Gasteiger partial charge in [-0.1, -0.05) is 36.4 Å². The number of amides is 3. The molecule has 2 aliphatic rings. The number of carbonyl (C=O) groups excluding carboxylic acids is 3. The molecule has 0 spiro atoms. The van der Waals surface area contributed by atoms with Crippen molar-refractivity contribution in [1.29, 1.82) is 0 Å². The molecule has 3 amide bonds. The molecule has 1 N–H and O–H groups in total. The van der Waals surface area contributed by atoms with Crippen LogP contribution in [0.2, 0.25) is 0 Å². The van der Waals surface area contributed by atoms with Gasteiger partial charge >= 0.3 is 6.09 Å². The van der Waals surface area contributed by atoms with Crippen molar-refractivity contribution >= 4 is 29.3 Å². The SMILES string of the molecule is O=C(Nc1ccc(OC(=O)N2CCC(N3C(=O)CCc4ccccc43)CC2)cc1)c1ccccc1. The Kier molecular flexibility index (Phi) is 6.48. The molecule has 178 valence electrons. The Labute approximate surface area is 204 Å². The van der Waals surface area contributed by atoms with Crippen LogP contribution < -0.4 is 15.0 Å². The van der Waals surface area contributed by atoms with Crippen LogP contribution in [-0.2, 0) is 11.2 Å². The Balaban J connectivity index is 1.15. The minimum atomic E-state index is -0.408. The second kappa shape index (κ2) is 10.0. The summed E-state index contributed by atoms with van der Waals surface area (Å²) in [5, 5.41) is 2.83. The fourth-order valence-electron chi connectivity index (χ4n) is 4.73. The molecule has 2 aliphatic heterocycles. The number of rotatable bonds is 4. The number of nitrogens with one attached hydrogen (secondary N) is 1. The lowest BCUT2D eigenvalue weighted by molar-refractivity contribution is -0.119. The Morgan fingerprint density at radius 1 is 0.829 bits per heavy atom. The lowest BCUT2D eigenvalue weighted by Crippen LogP contribution is -2.50. The van der Waals surface area contributed by atoms with Crippen molar-refractivity contribution in [2.75, 3.05) is 23.3 Å². The number of ether oxygens (including phenoxy) is 1. The van der Waals surface area contributed by atoms with Crippen molar-refractivity contribution in [3.05, 3.63) is 90.0 Å². The van der Waals surface area contributed by atoms with Gasteiger partial charge in [0.15, 0.2) is 0 Å². The molecule has 1 saturated heterocycles. The minimum absolute atomic E-state index is 0.0838. The van der Waals surface area contributed by atoms with E-state index in [9.17, 15) is 14.4 Å². The second-order valence-electron chi connectivity index (χ2n) is 8.82. The highest BCUT2D eigenvalue weighted by Crippen LogP contribution is 2.32. The van der Waals surface area contributed by atoms with Crippen LogP contribution in [0.15, 0.2) is 78.9 Å². The van der Waals surface area contributed by atoms with Gasteiger partial charge in [0.1, 0.15) is 5.75 Å². The van der Waals surface area contributed by atoms with Crippen molar-refractivity contribution in [1.82, 2.24) is 4.90 Å². The quantitative estimate of drug-likeness (QED) is 0.591. The monoisotopic (exact) mass is 469 g/mol. The van der Waals surface area contributed by atoms with E-state index in [1.807, 2.05) is 41.3 Å². The van der Waals surface area contributed by atoms with E-state index in [-0.39, 0.29) is 17.9 Å². The molecule has 5 rings (SSSR count). The fourth-order valence-corrected chi connectivity index (χ4v) is 4.73. The van der Waals surface area contributed by atoms with Crippen LogP contribution in [0.5, 0.6) is 5.75 Å². The molecule has 0 saturated carbocycles. The zero-order valence-electron chi connectivity index (χ0n) is 19.4. The number of piperidine rings is 1. The van der Waals surface area contributed by atoms with Gasteiger partial charge in [-0.3, -0.25) is 9.59 Å². The molecule has 0 unspecified atom stereocenters. The average molecular weight is 470 g/mol. The number of anilines is 2. The summed E-state index contributed by atoms with van der Waals surface area (Å²) in [5.41, 5.74) is 3.40. The van der Waals surface area contributed by atoms with Crippen molar-refractivity contribution in [3.63, 3.8) is 0 Å². The summed E-state index contributed by atoms with van der Waals surface area (Å²) in [6.07, 6.45) is 2.32. The zero-order valence-corrected chi connectivity index (χ0v) is 19.4. The summed E-state index contributed by atoms with van der Waals surface area (Å²) in [4.78, 5) is 41.3. The summed E-state index contributed by atoms with van der Waals surface area (Å²) < 4.78 is 5.55. The van der Waals surface area contributed by atoms with Crippen molar-refractivity contribution in [2.45, 2.75) is 31.7 Å². The molecule has 0 bridgehead atoms. The van der Waals surface area contributed by atoms with Crippen molar-refractivity contribution in [2.24, 2.45) is 0 Å². The van der Waals surface area contributed by atoms with Crippen LogP contribution in [0.25, 0.3) is 0 Å². The Morgan fingerprint density at radius 2 is 1.51 bits per heavy atom. The van der Waals surface area contributed by atoms with E-state index in [0.29, 0.717) is 49.4 Å². The van der Waals surface area contributed by atoms with Gasteiger partial charge in [-0.05, 0) is 67.3 Å². The highest BCUT2D eigenvalue weighted by Gasteiger charge is 2.34. The van der Waals surface area contributed by atoms with E-state index in [1.54, 1.807) is 41.3 Å². The van der Waals surface area contributed by atoms with Crippen LogP contribution in [0, 0.1) is 0 Å². The molecule has 7 nitrogen and oxygen atoms in total. The minimum Gasteiger partial charge on any atom is -0.410 e. The summed E-state index contributed by atoms with van der Waals surface area (Å²) >= 11 is 0. The molecule has 0 radical (unpaired) electrons. The molecule has 0 aliphatic carbocycles. The van der Waals surface area contributed by atoms with E-state index in [4.69, 9.17) is 4.74 Å². The van der Waals surface area contributed by atoms with Crippen molar-refractivity contribution in [3.8, 4) is 5.75 Å². The summed E-state index contributed by atoms with van der Waals surface area (Å²) in [7, 11) is 0. The first kappa shape index (κ1) is 22.7. The third-order valence-electron chi connectivity index (χ3n) is 6.57. The second-order valence-corrected chi connectivity index (χ2v) is 8.82. The first-order valence-corrected chi connectivity index (χ1v) is 11.9. The van der Waals surface area contributed by atoms with Gasteiger partial charge in [0.25, 0.3) is 5.91 Å². The molecule has 3 aromatic carbocycles. The Hall–Kier alpha value is -4.13. The van der Waals surface area contributed by atoms with E-state index in [2.05, 4.69) is 11.4 Å². The Morgan fingerprint density at radius 3 is 2.26 bits per heavy atom. The first-order chi connectivity index (χ1) is 17.1. The van der Waals surface area contributed by atoms with Gasteiger partial charge in [0.2, 0.25) is 5.91 Å². The normalized spacial score (nSPS) is 15.9. The maximum atomic E-state index is 12.7. The van der Waals surface area contributed by atoms with Crippen LogP contribution in [-0.4, -0.2) is 41.9 Å². The van der Waals surface area contributed by atoms with Crippen LogP contribution in [0.3, 0.4) is 0 Å². The van der Waals surface area contributed by atoms with Crippen molar-refractivity contribution < 1.29 is 19.1 Å². The Bertz CT molecular complexity index is 1220. The maximum Gasteiger partial charge on any atom is 0.415 e. The number of fused-ring (bicyclic) bond motifs is 1. The zero-order chi connectivity index (χ0) is 24.2. The first-order valence-electron chi connectivity index (χ1n) is 11.9. The smallest absolute Gasteiger partial charge is 0.410 e. The number of para-hydroxylation sites is 1. The van der Waals surface area contributed by atoms with E-state index >= 15 is 0 Å². The predicted octanol–water partition coefficient (Wildman–Crippen LogP) is 4.88. The van der Waals surface area contributed by atoms with Gasteiger partial charge in [-0.15, -0.1) is 0 Å². The molecule has 0 atom stereocenters. The van der Waals surface area contributed by atoms with Crippen LogP contribution in [0.1, 0.15) is 35.2 Å². The number of benzene rings is 3. The molecule has 7 heteroatoms. The molecule has 1 fully saturated rings. The third-order valence-corrected chi connectivity index (χ3v) is 6.57. The van der Waals surface area contributed by atoms with Gasteiger partial charge in [0, 0.05) is 42.5 Å². The lowest BCUT2D eigenvalue weighted by atomic mass is 9.95. The summed E-state index contributed by atoms with van der Waals surface area (Å²) in [5.74, 6) is 0.368. The summed E-state index contributed by atoms with van der Waals surface area (Å²) in [6, 6.07) is 23.8. The molecular weight excluding hydrogens is 442 g/mol. The largest absolute Gasteiger partial charge is 0.415 e. The van der Waals surface area contributed by atoms with Crippen LogP contribution >= 0.6 is 0 Å². The van der Waals surface area contributed by atoms with E-state index < -0.39 is 6.09 Å². The predicted molar refractivity (Wildman–Crippen MR) is 134 cm³/mol.